The second-order valence-electron chi connectivity index (χ2n) is 4.83. The molecule has 0 atom stereocenters. The molecule has 1 aromatic rings. The van der Waals surface area contributed by atoms with Crippen LogP contribution < -0.4 is 4.74 Å². The molecule has 1 aromatic carbocycles. The van der Waals surface area contributed by atoms with E-state index in [1.807, 2.05) is 0 Å². The van der Waals surface area contributed by atoms with E-state index in [2.05, 4.69) is 0 Å². The van der Waals surface area contributed by atoms with Crippen LogP contribution in [-0.2, 0) is 4.79 Å². The highest BCUT2D eigenvalue weighted by Gasteiger charge is 2.22. The molecule has 0 N–H and O–H groups in total. The molecule has 0 bridgehead atoms. The van der Waals surface area contributed by atoms with E-state index in [-0.39, 0.29) is 28.8 Å². The van der Waals surface area contributed by atoms with E-state index < -0.39 is 10.3 Å². The predicted octanol–water partition coefficient (Wildman–Crippen LogP) is 3.24. The number of benzene rings is 1. The minimum absolute atomic E-state index is 0.106. The van der Waals surface area contributed by atoms with Crippen LogP contribution >= 0.6 is 11.6 Å². The molecule has 0 amide bonds. The third-order valence-corrected chi connectivity index (χ3v) is 2.63. The van der Waals surface area contributed by atoms with Gasteiger partial charge in [0.15, 0.2) is 5.78 Å². The third-order valence-electron chi connectivity index (χ3n) is 2.32. The van der Waals surface area contributed by atoms with Gasteiger partial charge in [-0.25, -0.2) is 0 Å². The number of non-ortho nitro benzene ring substituents is 1. The molecule has 18 heavy (non-hydrogen) atoms. The van der Waals surface area contributed by atoms with Crippen molar-refractivity contribution in [2.24, 2.45) is 5.41 Å². The van der Waals surface area contributed by atoms with E-state index in [0.717, 1.165) is 0 Å². The highest BCUT2D eigenvalue weighted by Crippen LogP contribution is 2.29. The first-order chi connectivity index (χ1) is 8.21. The molecule has 0 saturated heterocycles. The van der Waals surface area contributed by atoms with Crippen LogP contribution in [0.25, 0.3) is 0 Å². The Morgan fingerprint density at radius 1 is 1.44 bits per heavy atom. The number of ketones is 1. The first-order valence-corrected chi connectivity index (χ1v) is 5.69. The predicted molar refractivity (Wildman–Crippen MR) is 68.1 cm³/mol. The van der Waals surface area contributed by atoms with Crippen LogP contribution in [0.4, 0.5) is 5.69 Å². The lowest BCUT2D eigenvalue weighted by Gasteiger charge is -2.17. The van der Waals surface area contributed by atoms with E-state index in [1.165, 1.54) is 18.2 Å². The number of rotatable bonds is 4. The minimum Gasteiger partial charge on any atom is -0.484 e. The van der Waals surface area contributed by atoms with Crippen molar-refractivity contribution in [1.29, 1.82) is 0 Å². The van der Waals surface area contributed by atoms with Gasteiger partial charge >= 0.3 is 0 Å². The Hall–Kier alpha value is -1.62. The number of carbonyl (C=O) groups is 1. The Kier molecular flexibility index (Phi) is 4.29. The second kappa shape index (κ2) is 5.35. The Morgan fingerprint density at radius 2 is 2.06 bits per heavy atom. The van der Waals surface area contributed by atoms with Crippen LogP contribution in [0.3, 0.4) is 0 Å². The number of hydrogen-bond donors (Lipinski definition) is 0. The van der Waals surface area contributed by atoms with Crippen LogP contribution in [0, 0.1) is 15.5 Å². The van der Waals surface area contributed by atoms with Gasteiger partial charge in [0.05, 0.1) is 16.0 Å². The molecule has 0 aliphatic rings. The lowest BCUT2D eigenvalue weighted by Crippen LogP contribution is -2.26. The van der Waals surface area contributed by atoms with Gasteiger partial charge in [0.1, 0.15) is 12.4 Å². The van der Waals surface area contributed by atoms with Crippen LogP contribution in [0.2, 0.25) is 5.02 Å². The highest BCUT2D eigenvalue weighted by molar-refractivity contribution is 6.32. The fourth-order valence-electron chi connectivity index (χ4n) is 1.08. The lowest BCUT2D eigenvalue weighted by atomic mass is 9.91. The number of carbonyl (C=O) groups excluding carboxylic acids is 1. The molecule has 0 radical (unpaired) electrons. The fourth-order valence-corrected chi connectivity index (χ4v) is 1.25. The lowest BCUT2D eigenvalue weighted by molar-refractivity contribution is -0.384. The van der Waals surface area contributed by atoms with Crippen molar-refractivity contribution in [2.75, 3.05) is 6.61 Å². The first-order valence-electron chi connectivity index (χ1n) is 5.32. The van der Waals surface area contributed by atoms with E-state index in [0.29, 0.717) is 0 Å². The van der Waals surface area contributed by atoms with Crippen molar-refractivity contribution in [3.8, 4) is 5.75 Å². The van der Waals surface area contributed by atoms with E-state index in [1.54, 1.807) is 20.8 Å². The van der Waals surface area contributed by atoms with Crippen LogP contribution in [0.1, 0.15) is 20.8 Å². The third kappa shape index (κ3) is 3.70. The topological polar surface area (TPSA) is 69.4 Å². The number of Topliss-reactive ketones (excluding diaryl/α,β-unsaturated/α-hetero) is 1. The summed E-state index contributed by atoms with van der Waals surface area (Å²) in [5.41, 5.74) is -0.648. The normalized spacial score (nSPS) is 11.1. The standard InChI is InChI=1S/C12H14ClNO4/c1-12(2,3)11(15)7-18-10-6-8(14(16)17)4-5-9(10)13/h4-6H,7H2,1-3H3. The second-order valence-corrected chi connectivity index (χ2v) is 5.24. The summed E-state index contributed by atoms with van der Waals surface area (Å²) in [5.74, 6) is 0.0357. The van der Waals surface area contributed by atoms with Crippen LogP contribution in [0.15, 0.2) is 18.2 Å². The van der Waals surface area contributed by atoms with Gasteiger partial charge in [-0.3, -0.25) is 14.9 Å². The molecule has 0 aromatic heterocycles. The summed E-state index contributed by atoms with van der Waals surface area (Å²) in [7, 11) is 0. The van der Waals surface area contributed by atoms with Gasteiger partial charge < -0.3 is 4.74 Å². The summed E-state index contributed by atoms with van der Waals surface area (Å²) >= 11 is 5.84. The van der Waals surface area contributed by atoms with E-state index in [9.17, 15) is 14.9 Å². The van der Waals surface area contributed by atoms with Crippen LogP contribution in [-0.4, -0.2) is 17.3 Å². The summed E-state index contributed by atoms with van der Waals surface area (Å²) in [6.07, 6.45) is 0. The average molecular weight is 272 g/mol. The minimum atomic E-state index is -0.547. The van der Waals surface area contributed by atoms with Gasteiger partial charge in [-0.05, 0) is 6.07 Å². The quantitative estimate of drug-likeness (QED) is 0.623. The van der Waals surface area contributed by atoms with E-state index >= 15 is 0 Å². The fraction of sp³-hybridized carbons (Fsp3) is 0.417. The maximum absolute atomic E-state index is 11.7. The molecule has 98 valence electrons. The largest absolute Gasteiger partial charge is 0.484 e. The van der Waals surface area contributed by atoms with E-state index in [4.69, 9.17) is 16.3 Å². The molecule has 0 spiro atoms. The Labute approximate surface area is 110 Å². The van der Waals surface area contributed by atoms with Crippen molar-refractivity contribution in [2.45, 2.75) is 20.8 Å². The molecule has 0 unspecified atom stereocenters. The molecule has 6 heteroatoms. The van der Waals surface area contributed by atoms with Gasteiger partial charge in [0, 0.05) is 11.5 Å². The van der Waals surface area contributed by atoms with Crippen molar-refractivity contribution in [1.82, 2.24) is 0 Å². The molecular weight excluding hydrogens is 258 g/mol. The molecule has 0 aliphatic heterocycles. The maximum atomic E-state index is 11.7. The average Bonchev–Trinajstić information content (AvgIpc) is 2.25. The first kappa shape index (κ1) is 14.4. The zero-order chi connectivity index (χ0) is 13.9. The van der Waals surface area contributed by atoms with Crippen molar-refractivity contribution in [3.63, 3.8) is 0 Å². The van der Waals surface area contributed by atoms with Gasteiger partial charge in [-0.15, -0.1) is 0 Å². The number of ether oxygens (including phenoxy) is 1. The Balaban J connectivity index is 2.82. The monoisotopic (exact) mass is 271 g/mol. The number of nitrogens with zero attached hydrogens (tertiary/aromatic N) is 1. The maximum Gasteiger partial charge on any atom is 0.273 e. The summed E-state index contributed by atoms with van der Waals surface area (Å²) in [6, 6.07) is 3.86. The molecular formula is C12H14ClNO4. The summed E-state index contributed by atoms with van der Waals surface area (Å²) < 4.78 is 5.23. The molecule has 5 nitrogen and oxygen atoms in total. The Morgan fingerprint density at radius 3 is 2.56 bits per heavy atom. The zero-order valence-corrected chi connectivity index (χ0v) is 11.2. The van der Waals surface area contributed by atoms with Crippen molar-refractivity contribution < 1.29 is 14.5 Å². The van der Waals surface area contributed by atoms with Crippen molar-refractivity contribution in [3.05, 3.63) is 33.3 Å². The Bertz CT molecular complexity index is 479. The molecule has 1 rings (SSSR count). The highest BCUT2D eigenvalue weighted by atomic mass is 35.5. The molecule has 0 aliphatic carbocycles. The molecule has 0 heterocycles. The smallest absolute Gasteiger partial charge is 0.273 e. The zero-order valence-electron chi connectivity index (χ0n) is 10.4. The van der Waals surface area contributed by atoms with Gasteiger partial charge in [0.25, 0.3) is 5.69 Å². The van der Waals surface area contributed by atoms with Gasteiger partial charge in [-0.2, -0.15) is 0 Å². The summed E-state index contributed by atoms with van der Waals surface area (Å²) in [4.78, 5) is 21.7. The van der Waals surface area contributed by atoms with Gasteiger partial charge in [0.2, 0.25) is 0 Å². The summed E-state index contributed by atoms with van der Waals surface area (Å²) in [6.45, 7) is 5.15. The number of nitro benzene ring substituents is 1. The molecule has 0 fully saturated rings. The SMILES string of the molecule is CC(C)(C)C(=O)COc1cc([N+](=O)[O-])ccc1Cl. The number of hydrogen-bond acceptors (Lipinski definition) is 4. The van der Waals surface area contributed by atoms with Crippen LogP contribution in [0.5, 0.6) is 5.75 Å². The van der Waals surface area contributed by atoms with Crippen molar-refractivity contribution >= 4 is 23.1 Å². The summed E-state index contributed by atoms with van der Waals surface area (Å²) in [5, 5.41) is 10.8. The number of nitro groups is 1. The number of halogens is 1. The van der Waals surface area contributed by atoms with Gasteiger partial charge in [-0.1, -0.05) is 32.4 Å². The molecule has 0 saturated carbocycles.